The Kier molecular flexibility index (Phi) is 3.67. The van der Waals surface area contributed by atoms with Crippen molar-refractivity contribution in [1.29, 1.82) is 0 Å². The maximum atomic E-state index is 5.66. The molecule has 3 unspecified atom stereocenters. The van der Waals surface area contributed by atoms with Crippen LogP contribution in [0.3, 0.4) is 0 Å². The zero-order valence-electron chi connectivity index (χ0n) is 11.2. The summed E-state index contributed by atoms with van der Waals surface area (Å²) in [5.74, 6) is 0. The summed E-state index contributed by atoms with van der Waals surface area (Å²) in [6.07, 6.45) is 6.67. The number of nitrogens with one attached hydrogen (secondary N) is 1. The fraction of sp³-hybridized carbons (Fsp3) is 0.625. The van der Waals surface area contributed by atoms with E-state index in [1.807, 2.05) is 0 Å². The molecule has 1 aromatic carbocycles. The Morgan fingerprint density at radius 3 is 2.89 bits per heavy atom. The van der Waals surface area contributed by atoms with E-state index in [1.54, 1.807) is 5.56 Å². The molecule has 2 nitrogen and oxygen atoms in total. The average molecular weight is 245 g/mol. The highest BCUT2D eigenvalue weighted by molar-refractivity contribution is 5.31. The number of aryl methyl sites for hydroxylation is 1. The summed E-state index contributed by atoms with van der Waals surface area (Å²) in [7, 11) is 0. The molecule has 0 aromatic heterocycles. The number of ether oxygens (including phenoxy) is 1. The van der Waals surface area contributed by atoms with Crippen LogP contribution in [0.4, 0.5) is 0 Å². The van der Waals surface area contributed by atoms with Crippen molar-refractivity contribution >= 4 is 0 Å². The lowest BCUT2D eigenvalue weighted by molar-refractivity contribution is 0.110. The molecule has 98 valence electrons. The largest absolute Gasteiger partial charge is 0.377 e. The summed E-state index contributed by atoms with van der Waals surface area (Å²) < 4.78 is 5.66. The predicted octanol–water partition coefficient (Wildman–Crippen LogP) is 3.22. The van der Waals surface area contributed by atoms with Crippen LogP contribution in [0.5, 0.6) is 0 Å². The molecule has 3 atom stereocenters. The molecule has 1 aliphatic carbocycles. The molecule has 0 bridgehead atoms. The topological polar surface area (TPSA) is 21.3 Å². The van der Waals surface area contributed by atoms with Gasteiger partial charge in [-0.05, 0) is 43.7 Å². The molecule has 0 saturated carbocycles. The molecule has 1 heterocycles. The van der Waals surface area contributed by atoms with Crippen LogP contribution in [0.25, 0.3) is 0 Å². The lowest BCUT2D eigenvalue weighted by Gasteiger charge is -2.25. The lowest BCUT2D eigenvalue weighted by Crippen LogP contribution is -2.37. The Bertz CT molecular complexity index is 404. The van der Waals surface area contributed by atoms with E-state index >= 15 is 0 Å². The molecule has 18 heavy (non-hydrogen) atoms. The number of rotatable bonds is 2. The van der Waals surface area contributed by atoms with Crippen LogP contribution in [0, 0.1) is 0 Å². The van der Waals surface area contributed by atoms with Gasteiger partial charge in [0.1, 0.15) is 0 Å². The SMILES string of the molecule is CC1OCCC1NC1CCCCc2ccccc21. The van der Waals surface area contributed by atoms with Gasteiger partial charge in [-0.25, -0.2) is 0 Å². The predicted molar refractivity (Wildman–Crippen MR) is 73.7 cm³/mol. The third-order valence-electron chi connectivity index (χ3n) is 4.41. The molecule has 0 radical (unpaired) electrons. The molecule has 1 aromatic rings. The Balaban J connectivity index is 1.79. The summed E-state index contributed by atoms with van der Waals surface area (Å²) in [4.78, 5) is 0. The van der Waals surface area contributed by atoms with Crippen LogP contribution in [0.15, 0.2) is 24.3 Å². The van der Waals surface area contributed by atoms with Crippen LogP contribution in [0.1, 0.15) is 49.8 Å². The van der Waals surface area contributed by atoms with Crippen molar-refractivity contribution in [3.8, 4) is 0 Å². The van der Waals surface area contributed by atoms with E-state index < -0.39 is 0 Å². The second-order valence-corrected chi connectivity index (χ2v) is 5.63. The Morgan fingerprint density at radius 1 is 1.17 bits per heavy atom. The Morgan fingerprint density at radius 2 is 2.06 bits per heavy atom. The van der Waals surface area contributed by atoms with Gasteiger partial charge in [0.15, 0.2) is 0 Å². The summed E-state index contributed by atoms with van der Waals surface area (Å²) in [5, 5.41) is 3.84. The highest BCUT2D eigenvalue weighted by Gasteiger charge is 2.28. The van der Waals surface area contributed by atoms with E-state index in [0.717, 1.165) is 13.0 Å². The molecule has 0 amide bonds. The van der Waals surface area contributed by atoms with Crippen LogP contribution in [0.2, 0.25) is 0 Å². The molecule has 1 saturated heterocycles. The van der Waals surface area contributed by atoms with Gasteiger partial charge in [-0.3, -0.25) is 0 Å². The number of benzene rings is 1. The second-order valence-electron chi connectivity index (χ2n) is 5.63. The minimum Gasteiger partial charge on any atom is -0.377 e. The number of fused-ring (bicyclic) bond motifs is 1. The van der Waals surface area contributed by atoms with Crippen molar-refractivity contribution in [2.24, 2.45) is 0 Å². The van der Waals surface area contributed by atoms with Crippen LogP contribution < -0.4 is 5.32 Å². The van der Waals surface area contributed by atoms with Gasteiger partial charge in [-0.2, -0.15) is 0 Å². The van der Waals surface area contributed by atoms with Crippen LogP contribution in [-0.4, -0.2) is 18.8 Å². The second kappa shape index (κ2) is 5.41. The first-order chi connectivity index (χ1) is 8.84. The van der Waals surface area contributed by atoms with Crippen LogP contribution in [-0.2, 0) is 11.2 Å². The normalized spacial score (nSPS) is 31.9. The number of hydrogen-bond donors (Lipinski definition) is 1. The minimum absolute atomic E-state index is 0.361. The summed E-state index contributed by atoms with van der Waals surface area (Å²) >= 11 is 0. The highest BCUT2D eigenvalue weighted by atomic mass is 16.5. The zero-order valence-corrected chi connectivity index (χ0v) is 11.2. The summed E-state index contributed by atoms with van der Waals surface area (Å²) in [6.45, 7) is 3.10. The first kappa shape index (κ1) is 12.2. The van der Waals surface area contributed by atoms with Gasteiger partial charge in [0.25, 0.3) is 0 Å². The van der Waals surface area contributed by atoms with Gasteiger partial charge in [0, 0.05) is 18.7 Å². The van der Waals surface area contributed by atoms with E-state index in [9.17, 15) is 0 Å². The van der Waals surface area contributed by atoms with Crippen molar-refractivity contribution in [3.63, 3.8) is 0 Å². The lowest BCUT2D eigenvalue weighted by atomic mass is 9.97. The molecular formula is C16H23NO. The van der Waals surface area contributed by atoms with Gasteiger partial charge >= 0.3 is 0 Å². The molecular weight excluding hydrogens is 222 g/mol. The summed E-state index contributed by atoms with van der Waals surface area (Å²) in [5.41, 5.74) is 3.06. The van der Waals surface area contributed by atoms with E-state index in [0.29, 0.717) is 18.2 Å². The van der Waals surface area contributed by atoms with Crippen molar-refractivity contribution < 1.29 is 4.74 Å². The maximum Gasteiger partial charge on any atom is 0.0700 e. The maximum absolute atomic E-state index is 5.66. The van der Waals surface area contributed by atoms with Gasteiger partial charge < -0.3 is 10.1 Å². The fourth-order valence-electron chi connectivity index (χ4n) is 3.30. The van der Waals surface area contributed by atoms with Gasteiger partial charge in [-0.1, -0.05) is 30.7 Å². The standard InChI is InChI=1S/C16H23NO/c1-12-15(10-11-18-12)17-16-9-5-3-7-13-6-2-4-8-14(13)16/h2,4,6,8,12,15-17H,3,5,7,9-11H2,1H3. The molecule has 3 rings (SSSR count). The Labute approximate surface area is 110 Å². The quantitative estimate of drug-likeness (QED) is 0.808. The number of hydrogen-bond acceptors (Lipinski definition) is 2. The van der Waals surface area contributed by atoms with E-state index in [1.165, 1.54) is 31.2 Å². The third-order valence-corrected chi connectivity index (χ3v) is 4.41. The zero-order chi connectivity index (χ0) is 12.4. The van der Waals surface area contributed by atoms with Gasteiger partial charge in [-0.15, -0.1) is 0 Å². The van der Waals surface area contributed by atoms with Crippen LogP contribution >= 0.6 is 0 Å². The van der Waals surface area contributed by atoms with Gasteiger partial charge in [0.05, 0.1) is 6.10 Å². The molecule has 2 heteroatoms. The minimum atomic E-state index is 0.361. The highest BCUT2D eigenvalue weighted by Crippen LogP contribution is 2.30. The van der Waals surface area contributed by atoms with E-state index in [2.05, 4.69) is 36.5 Å². The molecule has 1 fully saturated rings. The van der Waals surface area contributed by atoms with Crippen molar-refractivity contribution in [2.75, 3.05) is 6.61 Å². The molecule has 1 aliphatic heterocycles. The molecule has 1 N–H and O–H groups in total. The van der Waals surface area contributed by atoms with Crippen molar-refractivity contribution in [2.45, 2.75) is 57.2 Å². The first-order valence-corrected chi connectivity index (χ1v) is 7.30. The van der Waals surface area contributed by atoms with Crippen molar-refractivity contribution in [1.82, 2.24) is 5.32 Å². The van der Waals surface area contributed by atoms with Gasteiger partial charge in [0.2, 0.25) is 0 Å². The first-order valence-electron chi connectivity index (χ1n) is 7.30. The Hall–Kier alpha value is -0.860. The third kappa shape index (κ3) is 2.45. The summed E-state index contributed by atoms with van der Waals surface area (Å²) in [6, 6.07) is 10.00. The van der Waals surface area contributed by atoms with Crippen molar-refractivity contribution in [3.05, 3.63) is 35.4 Å². The molecule has 0 spiro atoms. The molecule has 2 aliphatic rings. The fourth-order valence-corrected chi connectivity index (χ4v) is 3.30. The average Bonchev–Trinajstić information content (AvgIpc) is 2.68. The smallest absolute Gasteiger partial charge is 0.0700 e. The van der Waals surface area contributed by atoms with E-state index in [4.69, 9.17) is 4.74 Å². The van der Waals surface area contributed by atoms with E-state index in [-0.39, 0.29) is 0 Å². The monoisotopic (exact) mass is 245 g/mol.